The number of rotatable bonds is 6. The average molecular weight is 331 g/mol. The molecule has 112 valence electrons. The van der Waals surface area contributed by atoms with Crippen LogP contribution in [0.2, 0.25) is 5.02 Å². The highest BCUT2D eigenvalue weighted by atomic mass is 35.5. The van der Waals surface area contributed by atoms with Crippen LogP contribution in [0.4, 0.5) is 10.1 Å². The van der Waals surface area contributed by atoms with Crippen LogP contribution in [0.1, 0.15) is 15.5 Å². The van der Waals surface area contributed by atoms with E-state index in [4.69, 9.17) is 21.4 Å². The predicted octanol–water partition coefficient (Wildman–Crippen LogP) is 2.70. The number of carbonyl (C=O) groups is 1. The van der Waals surface area contributed by atoms with Gasteiger partial charge in [0.2, 0.25) is 0 Å². The van der Waals surface area contributed by atoms with Gasteiger partial charge in [0.25, 0.3) is 5.91 Å². The molecule has 0 unspecified atom stereocenters. The topological polar surface area (TPSA) is 71.5 Å². The third-order valence-corrected chi connectivity index (χ3v) is 3.53. The number of hydrogen-bond acceptors (Lipinski definition) is 5. The predicted molar refractivity (Wildman–Crippen MR) is 78.2 cm³/mol. The van der Waals surface area contributed by atoms with Crippen molar-refractivity contribution >= 4 is 34.5 Å². The first kappa shape index (κ1) is 15.8. The third kappa shape index (κ3) is 4.47. The summed E-state index contributed by atoms with van der Waals surface area (Å²) in [5.74, 6) is -0.964. The minimum absolute atomic E-state index is 0.0654. The van der Waals surface area contributed by atoms with Crippen LogP contribution >= 0.6 is 22.9 Å². The first-order valence-corrected chi connectivity index (χ1v) is 7.25. The molecule has 1 heterocycles. The maximum absolute atomic E-state index is 13.0. The summed E-state index contributed by atoms with van der Waals surface area (Å²) in [7, 11) is 0. The fraction of sp³-hybridized carbons (Fsp3) is 0.231. The summed E-state index contributed by atoms with van der Waals surface area (Å²) < 4.78 is 18.1. The number of halogens is 2. The molecule has 21 heavy (non-hydrogen) atoms. The maximum atomic E-state index is 13.0. The van der Waals surface area contributed by atoms with Crippen LogP contribution in [0, 0.1) is 5.82 Å². The van der Waals surface area contributed by atoms with Crippen molar-refractivity contribution in [1.29, 1.82) is 0 Å². The van der Waals surface area contributed by atoms with Crippen LogP contribution in [0.3, 0.4) is 0 Å². The fourth-order valence-corrected chi connectivity index (χ4v) is 2.36. The summed E-state index contributed by atoms with van der Waals surface area (Å²) in [5.41, 5.74) is 0.625. The molecule has 8 heteroatoms. The number of aliphatic hydroxyl groups excluding tert-OH is 1. The molecule has 2 N–H and O–H groups in total. The molecule has 0 radical (unpaired) electrons. The van der Waals surface area contributed by atoms with Crippen molar-refractivity contribution in [3.63, 3.8) is 0 Å². The molecule has 0 atom stereocenters. The molecular formula is C13H12ClFN2O3S. The number of hydrogen-bond donors (Lipinski definition) is 2. The summed E-state index contributed by atoms with van der Waals surface area (Å²) in [6, 6.07) is 3.91. The summed E-state index contributed by atoms with van der Waals surface area (Å²) in [4.78, 5) is 16.1. The van der Waals surface area contributed by atoms with Crippen LogP contribution < -0.4 is 5.32 Å². The van der Waals surface area contributed by atoms with Crippen molar-refractivity contribution in [1.82, 2.24) is 4.98 Å². The second-order valence-electron chi connectivity index (χ2n) is 3.99. The van der Waals surface area contributed by atoms with Gasteiger partial charge in [-0.15, -0.1) is 11.3 Å². The number of benzene rings is 1. The molecule has 0 aliphatic rings. The second kappa shape index (κ2) is 7.46. The van der Waals surface area contributed by atoms with Gasteiger partial charge in [-0.05, 0) is 18.2 Å². The highest BCUT2D eigenvalue weighted by Gasteiger charge is 2.12. The Bertz CT molecular complexity index is 636. The summed E-state index contributed by atoms with van der Waals surface area (Å²) in [5, 5.41) is 13.3. The van der Waals surface area contributed by atoms with Crippen molar-refractivity contribution in [3.05, 3.63) is 45.1 Å². The van der Waals surface area contributed by atoms with Gasteiger partial charge in [-0.1, -0.05) is 11.6 Å². The summed E-state index contributed by atoms with van der Waals surface area (Å²) in [6.07, 6.45) is 0. The zero-order valence-corrected chi connectivity index (χ0v) is 12.4. The molecule has 2 rings (SSSR count). The van der Waals surface area contributed by atoms with Crippen LogP contribution in [0.15, 0.2) is 23.6 Å². The van der Waals surface area contributed by atoms with Crippen LogP contribution in [-0.4, -0.2) is 29.2 Å². The number of carbonyl (C=O) groups excluding carboxylic acids is 1. The number of nitrogens with one attached hydrogen (secondary N) is 1. The number of amides is 1. The number of ether oxygens (including phenoxy) is 1. The van der Waals surface area contributed by atoms with Gasteiger partial charge in [-0.3, -0.25) is 4.79 Å². The Morgan fingerprint density at radius 2 is 2.33 bits per heavy atom. The van der Waals surface area contributed by atoms with Crippen molar-refractivity contribution in [3.8, 4) is 0 Å². The minimum Gasteiger partial charge on any atom is -0.394 e. The van der Waals surface area contributed by atoms with E-state index in [1.807, 2.05) is 0 Å². The summed E-state index contributed by atoms with van der Waals surface area (Å²) in [6.45, 7) is 0.389. The first-order chi connectivity index (χ1) is 10.1. The van der Waals surface area contributed by atoms with E-state index in [-0.39, 0.29) is 30.5 Å². The number of anilines is 1. The van der Waals surface area contributed by atoms with E-state index in [9.17, 15) is 9.18 Å². The van der Waals surface area contributed by atoms with Crippen molar-refractivity contribution in [2.75, 3.05) is 18.5 Å². The fourth-order valence-electron chi connectivity index (χ4n) is 1.47. The van der Waals surface area contributed by atoms with Crippen molar-refractivity contribution < 1.29 is 19.0 Å². The van der Waals surface area contributed by atoms with Crippen molar-refractivity contribution in [2.24, 2.45) is 0 Å². The van der Waals surface area contributed by atoms with Gasteiger partial charge in [0.05, 0.1) is 24.8 Å². The number of aromatic nitrogens is 1. The molecule has 1 aromatic carbocycles. The Balaban J connectivity index is 1.98. The van der Waals surface area contributed by atoms with E-state index in [2.05, 4.69) is 10.3 Å². The van der Waals surface area contributed by atoms with Gasteiger partial charge in [0.15, 0.2) is 0 Å². The zero-order chi connectivity index (χ0) is 15.2. The smallest absolute Gasteiger partial charge is 0.275 e. The third-order valence-electron chi connectivity index (χ3n) is 2.42. The highest BCUT2D eigenvalue weighted by molar-refractivity contribution is 7.09. The van der Waals surface area contributed by atoms with Crippen LogP contribution in [-0.2, 0) is 11.3 Å². The van der Waals surface area contributed by atoms with E-state index in [1.54, 1.807) is 5.38 Å². The van der Waals surface area contributed by atoms with Gasteiger partial charge < -0.3 is 15.2 Å². The monoisotopic (exact) mass is 330 g/mol. The Hall–Kier alpha value is -1.54. The van der Waals surface area contributed by atoms with E-state index >= 15 is 0 Å². The van der Waals surface area contributed by atoms with E-state index in [0.29, 0.717) is 10.7 Å². The Morgan fingerprint density at radius 1 is 1.52 bits per heavy atom. The van der Waals surface area contributed by atoms with Crippen LogP contribution in [0.25, 0.3) is 0 Å². The number of aliphatic hydroxyl groups is 1. The largest absolute Gasteiger partial charge is 0.394 e. The molecule has 5 nitrogen and oxygen atoms in total. The van der Waals surface area contributed by atoms with E-state index in [1.165, 1.54) is 29.5 Å². The summed E-state index contributed by atoms with van der Waals surface area (Å²) >= 11 is 6.92. The van der Waals surface area contributed by atoms with E-state index in [0.717, 1.165) is 0 Å². The molecule has 0 aliphatic heterocycles. The molecule has 0 bridgehead atoms. The minimum atomic E-state index is -0.549. The number of nitrogens with zero attached hydrogens (tertiary/aromatic N) is 1. The average Bonchev–Trinajstić information content (AvgIpc) is 2.92. The molecule has 0 fully saturated rings. The molecule has 0 aliphatic carbocycles. The van der Waals surface area contributed by atoms with Crippen molar-refractivity contribution in [2.45, 2.75) is 6.61 Å². The van der Waals surface area contributed by atoms with Gasteiger partial charge >= 0.3 is 0 Å². The van der Waals surface area contributed by atoms with Gasteiger partial charge in [-0.25, -0.2) is 9.37 Å². The maximum Gasteiger partial charge on any atom is 0.275 e. The van der Waals surface area contributed by atoms with Crippen LogP contribution in [0.5, 0.6) is 0 Å². The SMILES string of the molecule is O=C(Nc1ccc(F)c(Cl)c1)c1csc(COCCO)n1. The van der Waals surface area contributed by atoms with E-state index < -0.39 is 11.7 Å². The Labute approximate surface area is 129 Å². The normalized spacial score (nSPS) is 10.6. The van der Waals surface area contributed by atoms with Gasteiger partial charge in [0, 0.05) is 11.1 Å². The lowest BCUT2D eigenvalue weighted by atomic mass is 10.3. The molecule has 0 saturated carbocycles. The molecule has 0 saturated heterocycles. The number of thiazole rings is 1. The first-order valence-electron chi connectivity index (χ1n) is 5.99. The molecule has 1 amide bonds. The zero-order valence-electron chi connectivity index (χ0n) is 10.8. The van der Waals surface area contributed by atoms with Gasteiger partial charge in [0.1, 0.15) is 16.5 Å². The molecule has 2 aromatic rings. The molecule has 0 spiro atoms. The Kier molecular flexibility index (Phi) is 5.63. The lowest BCUT2D eigenvalue weighted by molar-refractivity contribution is 0.0812. The lowest BCUT2D eigenvalue weighted by Crippen LogP contribution is -2.12. The molecule has 1 aromatic heterocycles. The molecular weight excluding hydrogens is 319 g/mol. The van der Waals surface area contributed by atoms with Gasteiger partial charge in [-0.2, -0.15) is 0 Å². The second-order valence-corrected chi connectivity index (χ2v) is 5.34. The quantitative estimate of drug-likeness (QED) is 0.799. The standard InChI is InChI=1S/C13H12ClFN2O3S/c14-9-5-8(1-2-10(9)15)16-13(19)11-7-21-12(17-11)6-20-4-3-18/h1-2,5,7,18H,3-4,6H2,(H,16,19). The lowest BCUT2D eigenvalue weighted by Gasteiger charge is -2.04. The highest BCUT2D eigenvalue weighted by Crippen LogP contribution is 2.20. The Morgan fingerprint density at radius 3 is 3.05 bits per heavy atom.